The highest BCUT2D eigenvalue weighted by Gasteiger charge is 2.19. The van der Waals surface area contributed by atoms with E-state index in [0.717, 1.165) is 0 Å². The SMILES string of the molecule is CC(CC=O)C(=O)OC(C)C(C)O. The smallest absolute Gasteiger partial charge is 0.309 e. The Morgan fingerprint density at radius 2 is 2.00 bits per heavy atom. The maximum atomic E-state index is 11.2. The van der Waals surface area contributed by atoms with Crippen LogP contribution < -0.4 is 0 Å². The zero-order chi connectivity index (χ0) is 10.4. The van der Waals surface area contributed by atoms with Gasteiger partial charge in [-0.1, -0.05) is 6.92 Å². The van der Waals surface area contributed by atoms with Crippen LogP contribution in [0.4, 0.5) is 0 Å². The van der Waals surface area contributed by atoms with Gasteiger partial charge >= 0.3 is 5.97 Å². The van der Waals surface area contributed by atoms with Crippen molar-refractivity contribution in [2.45, 2.75) is 39.4 Å². The molecule has 0 amide bonds. The molecule has 1 N–H and O–H groups in total. The maximum absolute atomic E-state index is 11.2. The molecule has 0 aliphatic carbocycles. The van der Waals surface area contributed by atoms with Crippen LogP contribution in [0.15, 0.2) is 0 Å². The van der Waals surface area contributed by atoms with Crippen LogP contribution in [-0.2, 0) is 14.3 Å². The predicted molar refractivity (Wildman–Crippen MR) is 47.1 cm³/mol. The second kappa shape index (κ2) is 5.70. The molecule has 0 aromatic heterocycles. The van der Waals surface area contributed by atoms with Gasteiger partial charge in [0.2, 0.25) is 0 Å². The molecule has 0 saturated carbocycles. The Morgan fingerprint density at radius 3 is 2.38 bits per heavy atom. The Kier molecular flexibility index (Phi) is 5.30. The Labute approximate surface area is 77.9 Å². The molecule has 0 saturated heterocycles. The minimum absolute atomic E-state index is 0.158. The highest BCUT2D eigenvalue weighted by atomic mass is 16.6. The molecule has 0 aliphatic heterocycles. The summed E-state index contributed by atoms with van der Waals surface area (Å²) in [6, 6.07) is 0. The number of hydrogen-bond acceptors (Lipinski definition) is 4. The van der Waals surface area contributed by atoms with Crippen LogP contribution in [0.2, 0.25) is 0 Å². The van der Waals surface area contributed by atoms with Crippen LogP contribution in [0, 0.1) is 5.92 Å². The first kappa shape index (κ1) is 12.1. The number of aliphatic hydroxyl groups is 1. The fourth-order valence-electron chi connectivity index (χ4n) is 0.638. The summed E-state index contributed by atoms with van der Waals surface area (Å²) in [5, 5.41) is 9.03. The van der Waals surface area contributed by atoms with Gasteiger partial charge in [0.1, 0.15) is 12.4 Å². The molecular weight excluding hydrogens is 172 g/mol. The van der Waals surface area contributed by atoms with Crippen molar-refractivity contribution in [3.8, 4) is 0 Å². The molecule has 0 aromatic rings. The lowest BCUT2D eigenvalue weighted by atomic mass is 10.1. The molecule has 3 atom stereocenters. The van der Waals surface area contributed by atoms with E-state index in [1.807, 2.05) is 0 Å². The lowest BCUT2D eigenvalue weighted by Gasteiger charge is -2.17. The molecule has 0 radical (unpaired) electrons. The van der Waals surface area contributed by atoms with Crippen molar-refractivity contribution < 1.29 is 19.4 Å². The minimum Gasteiger partial charge on any atom is -0.460 e. The summed E-state index contributed by atoms with van der Waals surface area (Å²) >= 11 is 0. The number of hydrogen-bond donors (Lipinski definition) is 1. The molecule has 13 heavy (non-hydrogen) atoms. The van der Waals surface area contributed by atoms with Gasteiger partial charge in [-0.25, -0.2) is 0 Å². The third kappa shape index (κ3) is 4.62. The van der Waals surface area contributed by atoms with Gasteiger partial charge in [-0.2, -0.15) is 0 Å². The lowest BCUT2D eigenvalue weighted by Crippen LogP contribution is -2.28. The van der Waals surface area contributed by atoms with Gasteiger partial charge in [-0.3, -0.25) is 4.79 Å². The van der Waals surface area contributed by atoms with Crippen LogP contribution >= 0.6 is 0 Å². The normalized spacial score (nSPS) is 17.2. The first-order valence-electron chi connectivity index (χ1n) is 4.31. The molecule has 0 aromatic carbocycles. The van der Waals surface area contributed by atoms with Crippen LogP contribution in [0.5, 0.6) is 0 Å². The third-order valence-corrected chi connectivity index (χ3v) is 1.83. The topological polar surface area (TPSA) is 63.6 Å². The quantitative estimate of drug-likeness (QED) is 0.504. The average molecular weight is 188 g/mol. The monoisotopic (exact) mass is 188 g/mol. The van der Waals surface area contributed by atoms with Crippen LogP contribution in [0.25, 0.3) is 0 Å². The van der Waals surface area contributed by atoms with Gasteiger partial charge in [0.15, 0.2) is 0 Å². The van der Waals surface area contributed by atoms with E-state index in [-0.39, 0.29) is 6.42 Å². The fourth-order valence-corrected chi connectivity index (χ4v) is 0.638. The summed E-state index contributed by atoms with van der Waals surface area (Å²) in [7, 11) is 0. The van der Waals surface area contributed by atoms with Gasteiger partial charge in [0.25, 0.3) is 0 Å². The van der Waals surface area contributed by atoms with E-state index in [4.69, 9.17) is 9.84 Å². The molecule has 0 fully saturated rings. The largest absolute Gasteiger partial charge is 0.460 e. The summed E-state index contributed by atoms with van der Waals surface area (Å²) in [6.45, 7) is 4.77. The fraction of sp³-hybridized carbons (Fsp3) is 0.778. The van der Waals surface area contributed by atoms with E-state index < -0.39 is 24.1 Å². The second-order valence-corrected chi connectivity index (χ2v) is 3.19. The second-order valence-electron chi connectivity index (χ2n) is 3.19. The van der Waals surface area contributed by atoms with Crippen molar-refractivity contribution in [1.82, 2.24) is 0 Å². The van der Waals surface area contributed by atoms with Gasteiger partial charge in [-0.05, 0) is 13.8 Å². The van der Waals surface area contributed by atoms with E-state index >= 15 is 0 Å². The molecule has 3 unspecified atom stereocenters. The van der Waals surface area contributed by atoms with Crippen molar-refractivity contribution in [1.29, 1.82) is 0 Å². The Hall–Kier alpha value is -0.900. The van der Waals surface area contributed by atoms with E-state index in [0.29, 0.717) is 6.29 Å². The number of carbonyl (C=O) groups is 2. The van der Waals surface area contributed by atoms with Crippen LogP contribution in [0.1, 0.15) is 27.2 Å². The molecule has 4 heteroatoms. The molecule has 0 aliphatic rings. The minimum atomic E-state index is -0.688. The van der Waals surface area contributed by atoms with Gasteiger partial charge in [0, 0.05) is 6.42 Å². The maximum Gasteiger partial charge on any atom is 0.309 e. The van der Waals surface area contributed by atoms with E-state index in [2.05, 4.69) is 0 Å². The number of esters is 1. The first-order valence-corrected chi connectivity index (χ1v) is 4.31. The highest BCUT2D eigenvalue weighted by Crippen LogP contribution is 2.06. The Morgan fingerprint density at radius 1 is 1.46 bits per heavy atom. The van der Waals surface area contributed by atoms with E-state index in [9.17, 15) is 9.59 Å². The summed E-state index contributed by atoms with van der Waals surface area (Å²) in [5.74, 6) is -0.876. The van der Waals surface area contributed by atoms with Crippen molar-refractivity contribution in [2.24, 2.45) is 5.92 Å². The van der Waals surface area contributed by atoms with Gasteiger partial charge in [0.05, 0.1) is 12.0 Å². The predicted octanol–water partition coefficient (Wildman–Crippen LogP) is 0.524. The molecule has 4 nitrogen and oxygen atoms in total. The lowest BCUT2D eigenvalue weighted by molar-refractivity contribution is -0.158. The van der Waals surface area contributed by atoms with Gasteiger partial charge < -0.3 is 14.6 Å². The summed E-state index contributed by atoms with van der Waals surface area (Å²) in [5.41, 5.74) is 0. The Balaban J connectivity index is 3.92. The number of ether oxygens (including phenoxy) is 1. The highest BCUT2D eigenvalue weighted by molar-refractivity contribution is 5.75. The summed E-state index contributed by atoms with van der Waals surface area (Å²) in [6.07, 6.45) is -0.376. The van der Waals surface area contributed by atoms with Crippen LogP contribution in [0.3, 0.4) is 0 Å². The van der Waals surface area contributed by atoms with Crippen molar-refractivity contribution in [2.75, 3.05) is 0 Å². The summed E-state index contributed by atoms with van der Waals surface area (Å²) < 4.78 is 4.88. The van der Waals surface area contributed by atoms with Crippen molar-refractivity contribution >= 4 is 12.3 Å². The summed E-state index contributed by atoms with van der Waals surface area (Å²) in [4.78, 5) is 21.2. The average Bonchev–Trinajstić information content (AvgIpc) is 2.04. The van der Waals surface area contributed by atoms with Crippen molar-refractivity contribution in [3.05, 3.63) is 0 Å². The Bertz CT molecular complexity index is 176. The molecular formula is C9H16O4. The number of aldehydes is 1. The zero-order valence-electron chi connectivity index (χ0n) is 8.19. The number of carbonyl (C=O) groups excluding carboxylic acids is 2. The molecule has 0 rings (SSSR count). The number of rotatable bonds is 5. The molecule has 0 heterocycles. The molecule has 0 bridgehead atoms. The van der Waals surface area contributed by atoms with E-state index in [1.54, 1.807) is 20.8 Å². The molecule has 0 spiro atoms. The first-order chi connectivity index (χ1) is 5.99. The van der Waals surface area contributed by atoms with E-state index in [1.165, 1.54) is 0 Å². The van der Waals surface area contributed by atoms with Gasteiger partial charge in [-0.15, -0.1) is 0 Å². The van der Waals surface area contributed by atoms with Crippen molar-refractivity contribution in [3.63, 3.8) is 0 Å². The number of aliphatic hydroxyl groups excluding tert-OH is 1. The van der Waals surface area contributed by atoms with Crippen LogP contribution in [-0.4, -0.2) is 29.6 Å². The standard InChI is InChI=1S/C9H16O4/c1-6(4-5-10)9(12)13-8(3)7(2)11/h5-8,11H,4H2,1-3H3. The zero-order valence-corrected chi connectivity index (χ0v) is 8.19. The molecule has 76 valence electrons. The third-order valence-electron chi connectivity index (χ3n) is 1.83.